The Bertz CT molecular complexity index is 985. The van der Waals surface area contributed by atoms with Crippen LogP contribution in [0.3, 0.4) is 0 Å². The SMILES string of the molecule is COc1ccc(Cl)cc1C[C@@H]1CN=C(NN(C)C)CN(CC(=O)Nc2ccccc2)C1=O.Cl. The van der Waals surface area contributed by atoms with E-state index in [0.29, 0.717) is 35.3 Å². The number of hydrazine groups is 1. The van der Waals surface area contributed by atoms with Gasteiger partial charge in [0, 0.05) is 24.8 Å². The second kappa shape index (κ2) is 12.4. The number of carbonyl (C=O) groups excluding carboxylic acids is 2. The molecule has 0 radical (unpaired) electrons. The first-order valence-electron chi connectivity index (χ1n) is 10.3. The maximum atomic E-state index is 13.4. The molecule has 1 atom stereocenters. The maximum Gasteiger partial charge on any atom is 0.244 e. The van der Waals surface area contributed by atoms with Crippen molar-refractivity contribution in [3.63, 3.8) is 0 Å². The second-order valence-electron chi connectivity index (χ2n) is 7.76. The van der Waals surface area contributed by atoms with E-state index in [1.165, 1.54) is 4.90 Å². The molecule has 1 heterocycles. The number of hydrogen-bond donors (Lipinski definition) is 2. The van der Waals surface area contributed by atoms with E-state index in [9.17, 15) is 9.59 Å². The summed E-state index contributed by atoms with van der Waals surface area (Å²) in [6, 6.07) is 14.5. The second-order valence-corrected chi connectivity index (χ2v) is 8.20. The van der Waals surface area contributed by atoms with Crippen molar-refractivity contribution in [1.29, 1.82) is 0 Å². The number of amides is 2. The zero-order valence-electron chi connectivity index (χ0n) is 18.9. The maximum absolute atomic E-state index is 13.4. The lowest BCUT2D eigenvalue weighted by atomic mass is 9.97. The molecule has 2 aromatic carbocycles. The van der Waals surface area contributed by atoms with Gasteiger partial charge in [0.1, 0.15) is 18.1 Å². The first-order valence-corrected chi connectivity index (χ1v) is 10.7. The number of benzene rings is 2. The van der Waals surface area contributed by atoms with Crippen LogP contribution < -0.4 is 15.5 Å². The summed E-state index contributed by atoms with van der Waals surface area (Å²) >= 11 is 6.17. The number of nitrogens with zero attached hydrogens (tertiary/aromatic N) is 3. The van der Waals surface area contributed by atoms with E-state index in [2.05, 4.69) is 15.7 Å². The standard InChI is InChI=1S/C23H28ClN5O3.ClH/c1-28(2)27-21-14-29(15-22(30)26-19-7-5-4-6-8-19)23(31)17(13-25-21)11-16-12-18(24)9-10-20(16)32-3;/h4-10,12,17H,11,13-15H2,1-3H3,(H,25,27)(H,26,30);1H/t17-;/m1./s1. The van der Waals surface area contributed by atoms with Gasteiger partial charge >= 0.3 is 0 Å². The molecule has 33 heavy (non-hydrogen) atoms. The van der Waals surface area contributed by atoms with Crippen LogP contribution in [0.4, 0.5) is 5.69 Å². The van der Waals surface area contributed by atoms with E-state index in [-0.39, 0.29) is 37.3 Å². The highest BCUT2D eigenvalue weighted by Crippen LogP contribution is 2.26. The molecule has 1 aliphatic heterocycles. The number of rotatable bonds is 7. The molecular weight excluding hydrogens is 465 g/mol. The number of aliphatic imine (C=N–C) groups is 1. The van der Waals surface area contributed by atoms with Crippen LogP contribution >= 0.6 is 24.0 Å². The van der Waals surface area contributed by atoms with Crippen molar-refractivity contribution in [3.8, 4) is 5.75 Å². The van der Waals surface area contributed by atoms with Gasteiger partial charge in [0.05, 0.1) is 26.1 Å². The van der Waals surface area contributed by atoms with Crippen LogP contribution in [-0.4, -0.2) is 68.4 Å². The van der Waals surface area contributed by atoms with Gasteiger partial charge in [-0.05, 0) is 42.3 Å². The molecule has 178 valence electrons. The van der Waals surface area contributed by atoms with Gasteiger partial charge in [-0.3, -0.25) is 14.6 Å². The van der Waals surface area contributed by atoms with E-state index >= 15 is 0 Å². The third-order valence-electron chi connectivity index (χ3n) is 4.96. The van der Waals surface area contributed by atoms with E-state index in [0.717, 1.165) is 5.56 Å². The van der Waals surface area contributed by atoms with Gasteiger partial charge < -0.3 is 20.4 Å². The Morgan fingerprint density at radius 2 is 1.97 bits per heavy atom. The Morgan fingerprint density at radius 3 is 2.64 bits per heavy atom. The number of nitrogens with one attached hydrogen (secondary N) is 2. The minimum atomic E-state index is -0.451. The minimum absolute atomic E-state index is 0. The number of anilines is 1. The predicted octanol–water partition coefficient (Wildman–Crippen LogP) is 2.87. The summed E-state index contributed by atoms with van der Waals surface area (Å²) < 4.78 is 5.44. The summed E-state index contributed by atoms with van der Waals surface area (Å²) in [5, 5.41) is 5.16. The lowest BCUT2D eigenvalue weighted by Crippen LogP contribution is -2.47. The van der Waals surface area contributed by atoms with Crippen LogP contribution in [0.25, 0.3) is 0 Å². The van der Waals surface area contributed by atoms with Crippen molar-refractivity contribution in [3.05, 3.63) is 59.1 Å². The largest absolute Gasteiger partial charge is 0.496 e. The fourth-order valence-corrected chi connectivity index (χ4v) is 3.74. The van der Waals surface area contributed by atoms with Crippen LogP contribution in [-0.2, 0) is 16.0 Å². The van der Waals surface area contributed by atoms with Gasteiger partial charge in [0.2, 0.25) is 11.8 Å². The van der Waals surface area contributed by atoms with Crippen molar-refractivity contribution in [2.75, 3.05) is 46.2 Å². The zero-order valence-corrected chi connectivity index (χ0v) is 20.4. The van der Waals surface area contributed by atoms with Gasteiger partial charge in [-0.1, -0.05) is 29.8 Å². The molecule has 1 aliphatic rings. The molecule has 0 unspecified atom stereocenters. The third kappa shape index (κ3) is 7.63. The highest BCUT2D eigenvalue weighted by molar-refractivity contribution is 6.30. The summed E-state index contributed by atoms with van der Waals surface area (Å²) in [5.74, 6) is 0.421. The number of para-hydroxylation sites is 1. The van der Waals surface area contributed by atoms with Gasteiger partial charge in [-0.15, -0.1) is 12.4 Å². The van der Waals surface area contributed by atoms with Crippen LogP contribution in [0.1, 0.15) is 5.56 Å². The molecule has 2 aromatic rings. The topological polar surface area (TPSA) is 86.3 Å². The van der Waals surface area contributed by atoms with Gasteiger partial charge in [0.25, 0.3) is 0 Å². The molecule has 0 saturated carbocycles. The van der Waals surface area contributed by atoms with E-state index in [4.69, 9.17) is 16.3 Å². The molecule has 10 heteroatoms. The Morgan fingerprint density at radius 1 is 1.24 bits per heavy atom. The molecule has 0 spiro atoms. The van der Waals surface area contributed by atoms with Crippen molar-refractivity contribution in [2.24, 2.45) is 10.9 Å². The molecule has 0 fully saturated rings. The number of halogens is 2. The average molecular weight is 494 g/mol. The quantitative estimate of drug-likeness (QED) is 0.579. The van der Waals surface area contributed by atoms with Crippen molar-refractivity contribution >= 4 is 47.3 Å². The van der Waals surface area contributed by atoms with Gasteiger partial charge in [-0.25, -0.2) is 5.01 Å². The lowest BCUT2D eigenvalue weighted by molar-refractivity contribution is -0.137. The fourth-order valence-electron chi connectivity index (χ4n) is 3.55. The number of amidine groups is 1. The monoisotopic (exact) mass is 493 g/mol. The minimum Gasteiger partial charge on any atom is -0.496 e. The highest BCUT2D eigenvalue weighted by Gasteiger charge is 2.30. The molecular formula is C23H29Cl2N5O3. The fraction of sp³-hybridized carbons (Fsp3) is 0.348. The first-order chi connectivity index (χ1) is 15.4. The summed E-state index contributed by atoms with van der Waals surface area (Å²) in [7, 11) is 5.27. The van der Waals surface area contributed by atoms with E-state index < -0.39 is 5.92 Å². The number of hydrogen-bond acceptors (Lipinski definition) is 6. The molecule has 2 amide bonds. The Hall–Kier alpha value is -2.81. The average Bonchev–Trinajstić information content (AvgIpc) is 2.88. The Labute approximate surface area is 205 Å². The molecule has 0 aromatic heterocycles. The molecule has 0 saturated heterocycles. The molecule has 0 bridgehead atoms. The molecule has 8 nitrogen and oxygen atoms in total. The van der Waals surface area contributed by atoms with Gasteiger partial charge in [0.15, 0.2) is 0 Å². The predicted molar refractivity (Wildman–Crippen MR) is 133 cm³/mol. The first kappa shape index (κ1) is 26.4. The summed E-state index contributed by atoms with van der Waals surface area (Å²) in [6.45, 7) is 0.426. The number of carbonyl (C=O) groups is 2. The number of methoxy groups -OCH3 is 1. The van der Waals surface area contributed by atoms with Gasteiger partial charge in [-0.2, -0.15) is 0 Å². The van der Waals surface area contributed by atoms with Crippen LogP contribution in [0, 0.1) is 5.92 Å². The summed E-state index contributed by atoms with van der Waals surface area (Å²) in [5.41, 5.74) is 4.63. The summed E-state index contributed by atoms with van der Waals surface area (Å²) in [6.07, 6.45) is 0.401. The van der Waals surface area contributed by atoms with Crippen LogP contribution in [0.15, 0.2) is 53.5 Å². The smallest absolute Gasteiger partial charge is 0.244 e. The normalized spacial score (nSPS) is 15.9. The van der Waals surface area contributed by atoms with Crippen molar-refractivity contribution < 1.29 is 14.3 Å². The lowest BCUT2D eigenvalue weighted by Gasteiger charge is -2.25. The Balaban J connectivity index is 0.00000385. The van der Waals surface area contributed by atoms with Crippen molar-refractivity contribution in [2.45, 2.75) is 6.42 Å². The third-order valence-corrected chi connectivity index (χ3v) is 5.19. The van der Waals surface area contributed by atoms with E-state index in [1.807, 2.05) is 32.3 Å². The highest BCUT2D eigenvalue weighted by atomic mass is 35.5. The zero-order chi connectivity index (χ0) is 23.1. The number of ether oxygens (including phenoxy) is 1. The Kier molecular flexibility index (Phi) is 9.96. The van der Waals surface area contributed by atoms with Crippen LogP contribution in [0.5, 0.6) is 5.75 Å². The van der Waals surface area contributed by atoms with E-state index in [1.54, 1.807) is 42.5 Å². The van der Waals surface area contributed by atoms with Crippen molar-refractivity contribution in [1.82, 2.24) is 15.3 Å². The summed E-state index contributed by atoms with van der Waals surface area (Å²) in [4.78, 5) is 32.2. The molecule has 3 rings (SSSR count). The molecule has 2 N–H and O–H groups in total. The van der Waals surface area contributed by atoms with Crippen LogP contribution in [0.2, 0.25) is 5.02 Å². The molecule has 0 aliphatic carbocycles.